The third-order valence-electron chi connectivity index (χ3n) is 3.16. The second-order valence-electron chi connectivity index (χ2n) is 5.00. The predicted molar refractivity (Wildman–Crippen MR) is 82.6 cm³/mol. The summed E-state index contributed by atoms with van der Waals surface area (Å²) >= 11 is 0. The molecule has 0 atom stereocenters. The van der Waals surface area contributed by atoms with Gasteiger partial charge in [-0.1, -0.05) is 0 Å². The molecule has 3 N–H and O–H groups in total. The predicted octanol–water partition coefficient (Wildman–Crippen LogP) is 1.65. The fourth-order valence-corrected chi connectivity index (χ4v) is 2.64. The molecular formula is C14H20N4O2S. The van der Waals surface area contributed by atoms with Gasteiger partial charge < -0.3 is 5.32 Å². The molecule has 0 amide bonds. The monoisotopic (exact) mass is 308 g/mol. The Balaban J connectivity index is 1.82. The molecule has 0 radical (unpaired) electrons. The van der Waals surface area contributed by atoms with E-state index in [-0.39, 0.29) is 4.90 Å². The molecule has 0 aliphatic carbocycles. The van der Waals surface area contributed by atoms with Gasteiger partial charge in [0.05, 0.1) is 10.6 Å². The van der Waals surface area contributed by atoms with Crippen molar-refractivity contribution in [1.82, 2.24) is 9.78 Å². The first kappa shape index (κ1) is 15.5. The number of aryl methyl sites for hydroxylation is 3. The van der Waals surface area contributed by atoms with Crippen LogP contribution in [0.1, 0.15) is 17.8 Å². The van der Waals surface area contributed by atoms with E-state index in [1.165, 1.54) is 12.1 Å². The fraction of sp³-hybridized carbons (Fsp3) is 0.357. The first-order valence-corrected chi connectivity index (χ1v) is 8.29. The average molecular weight is 308 g/mol. The van der Waals surface area contributed by atoms with Crippen molar-refractivity contribution in [3.8, 4) is 0 Å². The highest BCUT2D eigenvalue weighted by molar-refractivity contribution is 7.89. The molecular weight excluding hydrogens is 288 g/mol. The van der Waals surface area contributed by atoms with Gasteiger partial charge in [0.1, 0.15) is 0 Å². The Morgan fingerprint density at radius 3 is 2.43 bits per heavy atom. The number of nitrogens with zero attached hydrogens (tertiary/aromatic N) is 2. The number of aromatic nitrogens is 2. The van der Waals surface area contributed by atoms with Gasteiger partial charge in [0, 0.05) is 24.5 Å². The average Bonchev–Trinajstić information content (AvgIpc) is 2.73. The molecule has 2 rings (SSSR count). The van der Waals surface area contributed by atoms with Crippen molar-refractivity contribution in [2.75, 3.05) is 11.9 Å². The van der Waals surface area contributed by atoms with Crippen LogP contribution in [-0.2, 0) is 16.6 Å². The third kappa shape index (κ3) is 4.30. The number of nitrogens with one attached hydrogen (secondary N) is 1. The summed E-state index contributed by atoms with van der Waals surface area (Å²) in [7, 11) is -3.62. The van der Waals surface area contributed by atoms with E-state index >= 15 is 0 Å². The highest BCUT2D eigenvalue weighted by atomic mass is 32.2. The lowest BCUT2D eigenvalue weighted by atomic mass is 10.3. The van der Waals surface area contributed by atoms with Crippen molar-refractivity contribution in [2.24, 2.45) is 5.14 Å². The molecule has 0 bridgehead atoms. The van der Waals surface area contributed by atoms with Crippen LogP contribution >= 0.6 is 0 Å². The summed E-state index contributed by atoms with van der Waals surface area (Å²) in [6.07, 6.45) is 0.929. The van der Waals surface area contributed by atoms with Crippen LogP contribution in [0, 0.1) is 13.8 Å². The molecule has 0 aliphatic heterocycles. The topological polar surface area (TPSA) is 90.0 Å². The summed E-state index contributed by atoms with van der Waals surface area (Å²) in [5.74, 6) is 0. The number of rotatable bonds is 6. The Morgan fingerprint density at radius 2 is 1.90 bits per heavy atom. The number of sulfonamides is 1. The highest BCUT2D eigenvalue weighted by Crippen LogP contribution is 2.12. The lowest BCUT2D eigenvalue weighted by Gasteiger charge is -2.08. The van der Waals surface area contributed by atoms with Crippen LogP contribution in [0.3, 0.4) is 0 Å². The molecule has 1 aromatic carbocycles. The Labute approximate surface area is 125 Å². The van der Waals surface area contributed by atoms with Gasteiger partial charge in [0.15, 0.2) is 0 Å². The van der Waals surface area contributed by atoms with E-state index in [0.717, 1.165) is 36.6 Å². The van der Waals surface area contributed by atoms with E-state index in [1.807, 2.05) is 18.5 Å². The largest absolute Gasteiger partial charge is 0.385 e. The van der Waals surface area contributed by atoms with Crippen LogP contribution in [0.25, 0.3) is 0 Å². The molecule has 0 spiro atoms. The van der Waals surface area contributed by atoms with Gasteiger partial charge in [0.25, 0.3) is 0 Å². The normalized spacial score (nSPS) is 11.6. The summed E-state index contributed by atoms with van der Waals surface area (Å²) in [6.45, 7) is 5.66. The zero-order chi connectivity index (χ0) is 15.5. The maximum Gasteiger partial charge on any atom is 0.238 e. The number of primary sulfonamides is 1. The van der Waals surface area contributed by atoms with E-state index in [0.29, 0.717) is 0 Å². The number of nitrogens with two attached hydrogens (primary N) is 1. The van der Waals surface area contributed by atoms with Crippen LogP contribution in [0.15, 0.2) is 35.2 Å². The van der Waals surface area contributed by atoms with Crippen molar-refractivity contribution in [3.63, 3.8) is 0 Å². The molecule has 7 heteroatoms. The summed E-state index contributed by atoms with van der Waals surface area (Å²) in [5, 5.41) is 12.7. The fourth-order valence-electron chi connectivity index (χ4n) is 2.13. The van der Waals surface area contributed by atoms with Gasteiger partial charge in [-0.3, -0.25) is 4.68 Å². The molecule has 0 unspecified atom stereocenters. The zero-order valence-corrected chi connectivity index (χ0v) is 13.0. The summed E-state index contributed by atoms with van der Waals surface area (Å²) < 4.78 is 24.3. The number of hydrogen-bond acceptors (Lipinski definition) is 4. The second-order valence-corrected chi connectivity index (χ2v) is 6.56. The smallest absolute Gasteiger partial charge is 0.238 e. The zero-order valence-electron chi connectivity index (χ0n) is 12.2. The van der Waals surface area contributed by atoms with E-state index < -0.39 is 10.0 Å². The summed E-state index contributed by atoms with van der Waals surface area (Å²) in [6, 6.07) is 8.48. The molecule has 2 aromatic rings. The molecule has 114 valence electrons. The second kappa shape index (κ2) is 6.28. The molecule has 0 fully saturated rings. The number of benzene rings is 1. The minimum absolute atomic E-state index is 0.121. The lowest BCUT2D eigenvalue weighted by Crippen LogP contribution is -2.12. The molecule has 1 aromatic heterocycles. The molecule has 0 aliphatic rings. The van der Waals surface area contributed by atoms with Crippen LogP contribution in [0.2, 0.25) is 0 Å². The van der Waals surface area contributed by atoms with Crippen LogP contribution < -0.4 is 10.5 Å². The Morgan fingerprint density at radius 1 is 1.24 bits per heavy atom. The van der Waals surface area contributed by atoms with Crippen LogP contribution in [0.5, 0.6) is 0 Å². The Kier molecular flexibility index (Phi) is 4.64. The summed E-state index contributed by atoms with van der Waals surface area (Å²) in [5.41, 5.74) is 3.06. The van der Waals surface area contributed by atoms with Gasteiger partial charge >= 0.3 is 0 Å². The first-order valence-electron chi connectivity index (χ1n) is 6.74. The molecule has 0 saturated heterocycles. The van der Waals surface area contributed by atoms with Crippen molar-refractivity contribution in [1.29, 1.82) is 0 Å². The van der Waals surface area contributed by atoms with E-state index in [1.54, 1.807) is 12.1 Å². The van der Waals surface area contributed by atoms with Gasteiger partial charge in [0.2, 0.25) is 10.0 Å². The van der Waals surface area contributed by atoms with Gasteiger partial charge in [-0.25, -0.2) is 13.6 Å². The molecule has 1 heterocycles. The lowest BCUT2D eigenvalue weighted by molar-refractivity contribution is 0.574. The van der Waals surface area contributed by atoms with Crippen molar-refractivity contribution >= 4 is 15.7 Å². The number of hydrogen-bond donors (Lipinski definition) is 2. The standard InChI is InChI=1S/C14H20N4O2S/c1-11-10-12(2)18(17-11)9-3-8-16-13-4-6-14(7-5-13)21(15,19)20/h4-7,10,16H,3,8-9H2,1-2H3,(H2,15,19,20). The summed E-state index contributed by atoms with van der Waals surface area (Å²) in [4.78, 5) is 0.121. The number of anilines is 1. The van der Waals surface area contributed by atoms with Crippen LogP contribution in [0.4, 0.5) is 5.69 Å². The Bertz CT molecular complexity index is 705. The maximum absolute atomic E-state index is 11.1. The van der Waals surface area contributed by atoms with Gasteiger partial charge in [-0.2, -0.15) is 5.10 Å². The Hall–Kier alpha value is -1.86. The minimum Gasteiger partial charge on any atom is -0.385 e. The van der Waals surface area contributed by atoms with Crippen molar-refractivity contribution < 1.29 is 8.42 Å². The third-order valence-corrected chi connectivity index (χ3v) is 4.09. The maximum atomic E-state index is 11.1. The molecule has 6 nitrogen and oxygen atoms in total. The van der Waals surface area contributed by atoms with Crippen LogP contribution in [-0.4, -0.2) is 24.7 Å². The van der Waals surface area contributed by atoms with E-state index in [4.69, 9.17) is 5.14 Å². The highest BCUT2D eigenvalue weighted by Gasteiger charge is 2.06. The van der Waals surface area contributed by atoms with Gasteiger partial charge in [-0.15, -0.1) is 0 Å². The molecule has 21 heavy (non-hydrogen) atoms. The van der Waals surface area contributed by atoms with Gasteiger partial charge in [-0.05, 0) is 50.6 Å². The minimum atomic E-state index is -3.62. The van der Waals surface area contributed by atoms with E-state index in [9.17, 15) is 8.42 Å². The first-order chi connectivity index (χ1) is 9.86. The quantitative estimate of drug-likeness (QED) is 0.794. The van der Waals surface area contributed by atoms with E-state index in [2.05, 4.69) is 16.5 Å². The molecule has 0 saturated carbocycles. The van der Waals surface area contributed by atoms with Crippen molar-refractivity contribution in [2.45, 2.75) is 31.7 Å². The van der Waals surface area contributed by atoms with Crippen molar-refractivity contribution in [3.05, 3.63) is 41.7 Å². The SMILES string of the molecule is Cc1cc(C)n(CCCNc2ccc(S(N)(=O)=O)cc2)n1.